The lowest BCUT2D eigenvalue weighted by atomic mass is 10.1. The van der Waals surface area contributed by atoms with E-state index in [9.17, 15) is 21.4 Å². The Labute approximate surface area is 120 Å². The summed E-state index contributed by atoms with van der Waals surface area (Å²) in [4.78, 5) is -0.525. The van der Waals surface area contributed by atoms with Crippen LogP contribution in [0.1, 0.15) is 0 Å². The first-order chi connectivity index (χ1) is 9.62. The van der Waals surface area contributed by atoms with Crippen LogP contribution in [0, 0.1) is 0 Å². The monoisotopic (exact) mass is 334 g/mol. The summed E-state index contributed by atoms with van der Waals surface area (Å²) < 4.78 is 71.4. The van der Waals surface area contributed by atoms with E-state index in [4.69, 9.17) is 9.29 Å². The molecule has 0 spiro atoms. The molecule has 114 valence electrons. The molecule has 0 atom stereocenters. The Balaban J connectivity index is 2.80. The van der Waals surface area contributed by atoms with Crippen LogP contribution in [0.2, 0.25) is 0 Å². The molecule has 8 nitrogen and oxygen atoms in total. The van der Waals surface area contributed by atoms with E-state index in [1.54, 1.807) is 0 Å². The molecule has 0 saturated heterocycles. The van der Waals surface area contributed by atoms with E-state index in [0.29, 0.717) is 5.39 Å². The van der Waals surface area contributed by atoms with Gasteiger partial charge in [0.15, 0.2) is 0 Å². The second-order valence-electron chi connectivity index (χ2n) is 3.97. The summed E-state index contributed by atoms with van der Waals surface area (Å²) in [6.45, 7) is 0. The van der Waals surface area contributed by atoms with E-state index in [-0.39, 0.29) is 16.9 Å². The van der Waals surface area contributed by atoms with Crippen LogP contribution < -0.4 is 8.92 Å². The average molecular weight is 334 g/mol. The highest BCUT2D eigenvalue weighted by Crippen LogP contribution is 2.34. The number of benzene rings is 2. The quantitative estimate of drug-likeness (QED) is 0.800. The summed E-state index contributed by atoms with van der Waals surface area (Å²) in [6.07, 6.45) is 0. The molecule has 0 amide bonds. The largest absolute Gasteiger partial charge is 0.495 e. The maximum absolute atomic E-state index is 11.5. The minimum atomic E-state index is -4.75. The fourth-order valence-corrected chi connectivity index (χ4v) is 3.06. The maximum atomic E-state index is 11.5. The number of hydrogen-bond donors (Lipinski definition) is 2. The van der Waals surface area contributed by atoms with E-state index < -0.39 is 25.4 Å². The van der Waals surface area contributed by atoms with Gasteiger partial charge in [-0.05, 0) is 23.6 Å². The van der Waals surface area contributed by atoms with Crippen molar-refractivity contribution in [3.63, 3.8) is 0 Å². The van der Waals surface area contributed by atoms with Gasteiger partial charge in [-0.3, -0.25) is 9.11 Å². The summed E-state index contributed by atoms with van der Waals surface area (Å²) in [5.41, 5.74) is 0. The molecule has 0 aliphatic carbocycles. The minimum absolute atomic E-state index is 0.0157. The predicted molar refractivity (Wildman–Crippen MR) is 72.5 cm³/mol. The molecule has 21 heavy (non-hydrogen) atoms. The summed E-state index contributed by atoms with van der Waals surface area (Å²) >= 11 is 0. The van der Waals surface area contributed by atoms with Gasteiger partial charge in [0.2, 0.25) is 0 Å². The van der Waals surface area contributed by atoms with Crippen LogP contribution in [0.5, 0.6) is 11.5 Å². The molecule has 0 radical (unpaired) electrons. The molecule has 0 aliphatic rings. The fraction of sp³-hybridized carbons (Fsp3) is 0.0909. The summed E-state index contributed by atoms with van der Waals surface area (Å²) in [6, 6.07) is 6.49. The van der Waals surface area contributed by atoms with Crippen molar-refractivity contribution in [1.29, 1.82) is 0 Å². The molecular formula is C11H10O8S2. The Bertz CT molecular complexity index is 899. The third kappa shape index (κ3) is 3.42. The predicted octanol–water partition coefficient (Wildman–Crippen LogP) is 1.28. The lowest BCUT2D eigenvalue weighted by molar-refractivity contribution is 0.387. The highest BCUT2D eigenvalue weighted by atomic mass is 32.3. The molecule has 2 N–H and O–H groups in total. The first-order valence-corrected chi connectivity index (χ1v) is 8.17. The molecule has 2 aromatic carbocycles. The zero-order chi connectivity index (χ0) is 15.8. The average Bonchev–Trinajstić information content (AvgIpc) is 2.33. The Kier molecular flexibility index (Phi) is 3.80. The molecular weight excluding hydrogens is 324 g/mol. The number of fused-ring (bicyclic) bond motifs is 1. The SMILES string of the molecule is COc1ccc2ccc(OS(=O)(=O)O)cc2c1S(=O)(=O)O. The summed E-state index contributed by atoms with van der Waals surface area (Å²) in [5, 5.41) is 0.379. The van der Waals surface area contributed by atoms with Gasteiger partial charge in [0.05, 0.1) is 7.11 Å². The van der Waals surface area contributed by atoms with Crippen molar-refractivity contribution in [2.45, 2.75) is 4.90 Å². The van der Waals surface area contributed by atoms with Gasteiger partial charge in [0, 0.05) is 5.39 Å². The molecule has 0 fully saturated rings. The van der Waals surface area contributed by atoms with Gasteiger partial charge in [-0.2, -0.15) is 16.8 Å². The van der Waals surface area contributed by atoms with Crippen molar-refractivity contribution in [3.05, 3.63) is 30.3 Å². The van der Waals surface area contributed by atoms with Gasteiger partial charge in [-0.1, -0.05) is 12.1 Å². The molecule has 2 aromatic rings. The highest BCUT2D eigenvalue weighted by molar-refractivity contribution is 7.86. The lowest BCUT2D eigenvalue weighted by Gasteiger charge is -2.10. The fourth-order valence-electron chi connectivity index (χ4n) is 1.85. The van der Waals surface area contributed by atoms with Crippen molar-refractivity contribution in [1.82, 2.24) is 0 Å². The minimum Gasteiger partial charge on any atom is -0.495 e. The number of ether oxygens (including phenoxy) is 1. The maximum Gasteiger partial charge on any atom is 0.446 e. The van der Waals surface area contributed by atoms with E-state index >= 15 is 0 Å². The van der Waals surface area contributed by atoms with Gasteiger partial charge >= 0.3 is 10.4 Å². The molecule has 0 heterocycles. The van der Waals surface area contributed by atoms with Crippen molar-refractivity contribution in [2.24, 2.45) is 0 Å². The topological polar surface area (TPSA) is 127 Å². The van der Waals surface area contributed by atoms with Crippen LogP contribution in [0.25, 0.3) is 10.8 Å². The van der Waals surface area contributed by atoms with Gasteiger partial charge < -0.3 is 8.92 Å². The molecule has 0 aromatic heterocycles. The molecule has 0 saturated carbocycles. The van der Waals surface area contributed by atoms with Gasteiger partial charge in [0.1, 0.15) is 16.4 Å². The third-order valence-electron chi connectivity index (χ3n) is 2.59. The Hall–Kier alpha value is -1.88. The van der Waals surface area contributed by atoms with E-state index in [1.807, 2.05) is 0 Å². The van der Waals surface area contributed by atoms with Crippen molar-refractivity contribution in [3.8, 4) is 11.5 Å². The number of hydrogen-bond acceptors (Lipinski definition) is 6. The highest BCUT2D eigenvalue weighted by Gasteiger charge is 2.21. The van der Waals surface area contributed by atoms with E-state index in [2.05, 4.69) is 4.18 Å². The molecule has 0 bridgehead atoms. The zero-order valence-electron chi connectivity index (χ0n) is 10.5. The normalized spacial score (nSPS) is 12.3. The lowest BCUT2D eigenvalue weighted by Crippen LogP contribution is -2.07. The molecule has 10 heteroatoms. The number of methoxy groups -OCH3 is 1. The first kappa shape index (κ1) is 15.5. The van der Waals surface area contributed by atoms with Gasteiger partial charge in [-0.25, -0.2) is 0 Å². The van der Waals surface area contributed by atoms with E-state index in [0.717, 1.165) is 6.07 Å². The van der Waals surface area contributed by atoms with Crippen LogP contribution in [0.3, 0.4) is 0 Å². The van der Waals surface area contributed by atoms with E-state index in [1.165, 1.54) is 31.4 Å². The van der Waals surface area contributed by atoms with Crippen molar-refractivity contribution >= 4 is 31.3 Å². The second kappa shape index (κ2) is 5.15. The van der Waals surface area contributed by atoms with Crippen LogP contribution in [0.15, 0.2) is 35.2 Å². The standard InChI is InChI=1S/C11H10O8S2/c1-18-10-5-3-7-2-4-8(19-21(15,16)17)6-9(7)11(10)20(12,13)14/h2-6H,1H3,(H,12,13,14)(H,15,16,17). The summed E-state index contributed by atoms with van der Waals surface area (Å²) in [7, 11) is -8.16. The van der Waals surface area contributed by atoms with Crippen molar-refractivity contribution < 1.29 is 34.9 Å². The first-order valence-electron chi connectivity index (χ1n) is 5.37. The molecule has 2 rings (SSSR count). The van der Waals surface area contributed by atoms with Crippen LogP contribution in [-0.4, -0.2) is 33.1 Å². The zero-order valence-corrected chi connectivity index (χ0v) is 12.2. The third-order valence-corrected chi connectivity index (χ3v) is 3.93. The molecule has 0 unspecified atom stereocenters. The van der Waals surface area contributed by atoms with Crippen LogP contribution in [-0.2, 0) is 20.5 Å². The Morgan fingerprint density at radius 3 is 2.14 bits per heavy atom. The van der Waals surface area contributed by atoms with Gasteiger partial charge in [0.25, 0.3) is 10.1 Å². The van der Waals surface area contributed by atoms with Gasteiger partial charge in [-0.15, -0.1) is 0 Å². The van der Waals surface area contributed by atoms with Crippen LogP contribution in [0.4, 0.5) is 0 Å². The smallest absolute Gasteiger partial charge is 0.446 e. The second-order valence-corrected chi connectivity index (χ2v) is 6.35. The van der Waals surface area contributed by atoms with Crippen LogP contribution >= 0.6 is 0 Å². The van der Waals surface area contributed by atoms with Crippen molar-refractivity contribution in [2.75, 3.05) is 7.11 Å². The summed E-state index contributed by atoms with van der Waals surface area (Å²) in [5.74, 6) is -0.433. The number of rotatable bonds is 4. The molecule has 0 aliphatic heterocycles. The Morgan fingerprint density at radius 2 is 1.62 bits per heavy atom. The Morgan fingerprint density at radius 1 is 1.00 bits per heavy atom.